The maximum absolute atomic E-state index is 13.2. The molecule has 24 heavy (non-hydrogen) atoms. The maximum atomic E-state index is 13.2. The lowest BCUT2D eigenvalue weighted by atomic mass is 9.96. The highest BCUT2D eigenvalue weighted by Crippen LogP contribution is 2.33. The van der Waals surface area contributed by atoms with Gasteiger partial charge in [0, 0.05) is 13.2 Å². The van der Waals surface area contributed by atoms with Crippen molar-refractivity contribution in [1.29, 1.82) is 0 Å². The molecule has 3 heterocycles. The van der Waals surface area contributed by atoms with Crippen LogP contribution in [0.1, 0.15) is 24.4 Å². The largest absolute Gasteiger partial charge is 0.376 e. The zero-order valence-electron chi connectivity index (χ0n) is 13.0. The van der Waals surface area contributed by atoms with E-state index in [1.54, 1.807) is 17.0 Å². The normalized spacial score (nSPS) is 26.5. The number of urea groups is 1. The van der Waals surface area contributed by atoms with Crippen LogP contribution in [-0.4, -0.2) is 42.6 Å². The van der Waals surface area contributed by atoms with Gasteiger partial charge in [0.1, 0.15) is 5.82 Å². The highest BCUT2D eigenvalue weighted by atomic mass is 19.1. The molecule has 0 saturated carbocycles. The second-order valence-electron chi connectivity index (χ2n) is 6.30. The van der Waals surface area contributed by atoms with E-state index in [1.165, 1.54) is 12.1 Å². The van der Waals surface area contributed by atoms with Crippen molar-refractivity contribution in [3.63, 3.8) is 0 Å². The van der Waals surface area contributed by atoms with Crippen LogP contribution >= 0.6 is 0 Å². The molecule has 4 rings (SSSR count). The second kappa shape index (κ2) is 5.90. The molecule has 2 N–H and O–H groups in total. The number of nitrogens with one attached hydrogen (secondary N) is 2. The second-order valence-corrected chi connectivity index (χ2v) is 6.30. The van der Waals surface area contributed by atoms with Gasteiger partial charge in [-0.2, -0.15) is 0 Å². The number of ether oxygens (including phenoxy) is 1. The van der Waals surface area contributed by atoms with Crippen LogP contribution < -0.4 is 10.6 Å². The molecule has 0 spiro atoms. The van der Waals surface area contributed by atoms with Crippen molar-refractivity contribution in [2.75, 3.05) is 19.7 Å². The van der Waals surface area contributed by atoms with Crippen molar-refractivity contribution in [2.24, 2.45) is 0 Å². The lowest BCUT2D eigenvalue weighted by molar-refractivity contribution is -0.127. The molecular weight excluding hydrogens is 313 g/mol. The van der Waals surface area contributed by atoms with Crippen molar-refractivity contribution in [3.05, 3.63) is 46.9 Å². The van der Waals surface area contributed by atoms with Gasteiger partial charge < -0.3 is 20.3 Å². The molecule has 0 radical (unpaired) electrons. The van der Waals surface area contributed by atoms with Gasteiger partial charge in [0.05, 0.1) is 30.0 Å². The Morgan fingerprint density at radius 2 is 2.04 bits per heavy atom. The molecule has 0 bridgehead atoms. The number of nitrogens with zero attached hydrogens (tertiary/aromatic N) is 1. The summed E-state index contributed by atoms with van der Waals surface area (Å²) in [5.74, 6) is -0.465. The topological polar surface area (TPSA) is 70.7 Å². The fraction of sp³-hybridized carbons (Fsp3) is 0.412. The number of carbonyl (C=O) groups is 2. The Morgan fingerprint density at radius 3 is 2.75 bits per heavy atom. The summed E-state index contributed by atoms with van der Waals surface area (Å²) in [5, 5.41) is 5.49. The predicted molar refractivity (Wildman–Crippen MR) is 83.4 cm³/mol. The molecule has 1 aromatic rings. The minimum Gasteiger partial charge on any atom is -0.376 e. The first kappa shape index (κ1) is 15.1. The molecule has 3 aliphatic rings. The van der Waals surface area contributed by atoms with Crippen LogP contribution in [0.2, 0.25) is 0 Å². The molecule has 2 atom stereocenters. The van der Waals surface area contributed by atoms with E-state index >= 15 is 0 Å². The quantitative estimate of drug-likeness (QED) is 0.881. The molecule has 7 heteroatoms. The Balaban J connectivity index is 1.60. The van der Waals surface area contributed by atoms with Crippen LogP contribution in [0.25, 0.3) is 0 Å². The maximum Gasteiger partial charge on any atom is 0.319 e. The predicted octanol–water partition coefficient (Wildman–Crippen LogP) is 1.45. The van der Waals surface area contributed by atoms with Gasteiger partial charge in [-0.25, -0.2) is 9.18 Å². The molecule has 1 aromatic carbocycles. The molecular formula is C17H18FN3O3. The lowest BCUT2D eigenvalue weighted by Crippen LogP contribution is -2.44. The van der Waals surface area contributed by atoms with E-state index in [0.29, 0.717) is 29.9 Å². The minimum absolute atomic E-state index is 0.0586. The van der Waals surface area contributed by atoms with Gasteiger partial charge in [0.15, 0.2) is 0 Å². The average molecular weight is 331 g/mol. The van der Waals surface area contributed by atoms with E-state index in [0.717, 1.165) is 19.4 Å². The molecule has 0 aromatic heterocycles. The third-order valence-electron chi connectivity index (χ3n) is 4.67. The van der Waals surface area contributed by atoms with Crippen LogP contribution in [0.4, 0.5) is 9.18 Å². The monoisotopic (exact) mass is 331 g/mol. The summed E-state index contributed by atoms with van der Waals surface area (Å²) in [6.07, 6.45) is 2.01. The highest BCUT2D eigenvalue weighted by Gasteiger charge is 2.41. The third kappa shape index (κ3) is 2.65. The first-order chi connectivity index (χ1) is 11.6. The van der Waals surface area contributed by atoms with Crippen LogP contribution in [0, 0.1) is 5.82 Å². The number of halogens is 1. The van der Waals surface area contributed by atoms with Gasteiger partial charge in [0.25, 0.3) is 5.91 Å². The Kier molecular flexibility index (Phi) is 3.72. The SMILES string of the molecule is O=C1NC2=C(C(=O)N(C[C@@H]3CCCO3)C2)[C@H](c2ccc(F)cc2)N1. The van der Waals surface area contributed by atoms with Gasteiger partial charge in [-0.15, -0.1) is 0 Å². The Morgan fingerprint density at radius 1 is 1.25 bits per heavy atom. The Hall–Kier alpha value is -2.41. The van der Waals surface area contributed by atoms with E-state index in [2.05, 4.69) is 10.6 Å². The van der Waals surface area contributed by atoms with Crippen LogP contribution in [0.3, 0.4) is 0 Å². The number of hydrogen-bond donors (Lipinski definition) is 2. The lowest BCUT2D eigenvalue weighted by Gasteiger charge is -2.25. The van der Waals surface area contributed by atoms with Crippen molar-refractivity contribution >= 4 is 11.9 Å². The van der Waals surface area contributed by atoms with E-state index in [-0.39, 0.29) is 23.9 Å². The van der Waals surface area contributed by atoms with Gasteiger partial charge >= 0.3 is 6.03 Å². The third-order valence-corrected chi connectivity index (χ3v) is 4.67. The molecule has 3 aliphatic heterocycles. The van der Waals surface area contributed by atoms with E-state index < -0.39 is 6.04 Å². The van der Waals surface area contributed by atoms with Crippen molar-refractivity contribution in [1.82, 2.24) is 15.5 Å². The number of hydrogen-bond acceptors (Lipinski definition) is 3. The summed E-state index contributed by atoms with van der Waals surface area (Å²) in [7, 11) is 0. The summed E-state index contributed by atoms with van der Waals surface area (Å²) < 4.78 is 18.8. The van der Waals surface area contributed by atoms with E-state index in [4.69, 9.17) is 4.74 Å². The summed E-state index contributed by atoms with van der Waals surface area (Å²) in [6.45, 7) is 1.63. The van der Waals surface area contributed by atoms with E-state index in [9.17, 15) is 14.0 Å². The summed E-state index contributed by atoms with van der Waals surface area (Å²) in [6, 6.07) is 4.92. The molecule has 0 aliphatic carbocycles. The average Bonchev–Trinajstić information content (AvgIpc) is 3.17. The summed E-state index contributed by atoms with van der Waals surface area (Å²) >= 11 is 0. The molecule has 126 valence electrons. The molecule has 1 fully saturated rings. The van der Waals surface area contributed by atoms with Crippen LogP contribution in [0.5, 0.6) is 0 Å². The van der Waals surface area contributed by atoms with Crippen molar-refractivity contribution in [2.45, 2.75) is 25.0 Å². The van der Waals surface area contributed by atoms with Gasteiger partial charge in [-0.1, -0.05) is 12.1 Å². The fourth-order valence-electron chi connectivity index (χ4n) is 3.52. The Bertz CT molecular complexity index is 710. The standard InChI is InChI=1S/C17H18FN3O3/c18-11-5-3-10(4-6-11)15-14-13(19-17(23)20-15)9-21(16(14)22)8-12-2-1-7-24-12/h3-6,12,15H,1-2,7-9H2,(H2,19,20,23)/t12-,15-/m0/s1. The first-order valence-corrected chi connectivity index (χ1v) is 8.09. The van der Waals surface area contributed by atoms with Crippen LogP contribution in [0.15, 0.2) is 35.5 Å². The molecule has 1 saturated heterocycles. The van der Waals surface area contributed by atoms with Crippen molar-refractivity contribution < 1.29 is 18.7 Å². The zero-order valence-corrected chi connectivity index (χ0v) is 13.0. The summed E-state index contributed by atoms with van der Waals surface area (Å²) in [5.41, 5.74) is 1.83. The number of carbonyl (C=O) groups excluding carboxylic acids is 2. The van der Waals surface area contributed by atoms with Crippen molar-refractivity contribution in [3.8, 4) is 0 Å². The van der Waals surface area contributed by atoms with Gasteiger partial charge in [-0.3, -0.25) is 4.79 Å². The van der Waals surface area contributed by atoms with Crippen LogP contribution in [-0.2, 0) is 9.53 Å². The Labute approximate surface area is 138 Å². The fourth-order valence-corrected chi connectivity index (χ4v) is 3.52. The van der Waals surface area contributed by atoms with Gasteiger partial charge in [0.2, 0.25) is 0 Å². The number of amides is 3. The number of rotatable bonds is 3. The highest BCUT2D eigenvalue weighted by molar-refractivity contribution is 6.01. The van der Waals surface area contributed by atoms with Gasteiger partial charge in [-0.05, 0) is 30.5 Å². The molecule has 3 amide bonds. The zero-order chi connectivity index (χ0) is 16.7. The molecule has 0 unspecified atom stereocenters. The smallest absolute Gasteiger partial charge is 0.319 e. The minimum atomic E-state index is -0.559. The first-order valence-electron chi connectivity index (χ1n) is 8.09. The van der Waals surface area contributed by atoms with E-state index in [1.807, 2.05) is 0 Å². The molecule has 6 nitrogen and oxygen atoms in total. The summed E-state index contributed by atoms with van der Waals surface area (Å²) in [4.78, 5) is 26.5. The number of benzene rings is 1.